The van der Waals surface area contributed by atoms with Crippen molar-refractivity contribution < 1.29 is 14.7 Å². The molecule has 0 fully saturated rings. The fourth-order valence-corrected chi connectivity index (χ4v) is 3.93. The maximum absolute atomic E-state index is 10.8. The lowest BCUT2D eigenvalue weighted by atomic mass is 10.2. The zero-order chi connectivity index (χ0) is 14.2. The minimum Gasteiger partial charge on any atom is -0.481 e. The van der Waals surface area contributed by atoms with Gasteiger partial charge in [-0.25, -0.2) is 6.57 Å². The predicted molar refractivity (Wildman–Crippen MR) is 79.8 cm³/mol. The molecule has 1 atom stereocenters. The highest BCUT2D eigenvalue weighted by Crippen LogP contribution is 2.36. The van der Waals surface area contributed by atoms with E-state index in [1.165, 1.54) is 30.4 Å². The fraction of sp³-hybridized carbons (Fsp3) is 0.636. The van der Waals surface area contributed by atoms with Crippen LogP contribution in [0.25, 0.3) is 4.85 Å². The van der Waals surface area contributed by atoms with Crippen LogP contribution < -0.4 is 0 Å². The van der Waals surface area contributed by atoms with Crippen molar-refractivity contribution in [3.63, 3.8) is 0 Å². The van der Waals surface area contributed by atoms with E-state index in [1.54, 1.807) is 6.92 Å². The molecule has 0 spiro atoms. The van der Waals surface area contributed by atoms with Crippen molar-refractivity contribution in [2.75, 3.05) is 5.75 Å². The molecule has 0 rings (SSSR count). The Kier molecular flexibility index (Phi) is 8.24. The summed E-state index contributed by atoms with van der Waals surface area (Å²) < 4.78 is 0.583. The zero-order valence-electron chi connectivity index (χ0n) is 10.3. The molecule has 7 heteroatoms. The molecular weight excluding hydrogens is 290 g/mol. The fourth-order valence-electron chi connectivity index (χ4n) is 0.956. The molecule has 0 aromatic heterocycles. The molecule has 18 heavy (non-hydrogen) atoms. The third-order valence-corrected chi connectivity index (χ3v) is 4.77. The average Bonchev–Trinajstić information content (AvgIpc) is 2.26. The molecule has 1 N–H and O–H groups in total. The van der Waals surface area contributed by atoms with Gasteiger partial charge < -0.3 is 5.11 Å². The summed E-state index contributed by atoms with van der Waals surface area (Å²) in [6.45, 7) is 10.3. The Hall–Kier alpha value is -0.580. The lowest BCUT2D eigenvalue weighted by molar-refractivity contribution is -0.137. The lowest BCUT2D eigenvalue weighted by Gasteiger charge is -2.15. The minimum atomic E-state index is -0.916. The number of thiocarbonyl (C=S) groups is 1. The maximum Gasteiger partial charge on any atom is 0.303 e. The number of carboxylic acid groups (broad SMARTS) is 1. The van der Waals surface area contributed by atoms with Gasteiger partial charge in [-0.05, 0) is 18.7 Å². The van der Waals surface area contributed by atoms with Crippen molar-refractivity contribution >= 4 is 51.0 Å². The summed E-state index contributed by atoms with van der Waals surface area (Å²) in [5, 5.41) is 8.62. The zero-order valence-corrected chi connectivity index (χ0v) is 12.7. The molecule has 0 aromatic carbocycles. The van der Waals surface area contributed by atoms with E-state index >= 15 is 0 Å². The van der Waals surface area contributed by atoms with Gasteiger partial charge in [0.05, 0.1) is 6.42 Å². The summed E-state index contributed by atoms with van der Waals surface area (Å²) in [4.78, 5) is 23.9. The summed E-state index contributed by atoms with van der Waals surface area (Å²) in [6, 6.07) is 0. The monoisotopic (exact) mass is 305 g/mol. The Labute approximate surface area is 121 Å². The third kappa shape index (κ3) is 8.50. The van der Waals surface area contributed by atoms with Gasteiger partial charge in [0.15, 0.2) is 0 Å². The standard InChI is InChI=1S/C11H15NO3S3/c1-8(13)5-7-17-10(16)18-11(2,12-3)6-4-9(14)15/h4-7H2,1-2H3,(H,14,15). The van der Waals surface area contributed by atoms with E-state index in [1.807, 2.05) is 0 Å². The summed E-state index contributed by atoms with van der Waals surface area (Å²) in [6.07, 6.45) is 0.658. The van der Waals surface area contributed by atoms with E-state index in [4.69, 9.17) is 23.9 Å². The van der Waals surface area contributed by atoms with Crippen LogP contribution in [0.1, 0.15) is 33.1 Å². The highest BCUT2D eigenvalue weighted by molar-refractivity contribution is 8.47. The van der Waals surface area contributed by atoms with Gasteiger partial charge in [0.25, 0.3) is 4.87 Å². The number of carboxylic acids is 1. The van der Waals surface area contributed by atoms with Crippen molar-refractivity contribution in [1.29, 1.82) is 0 Å². The van der Waals surface area contributed by atoms with Crippen LogP contribution in [-0.2, 0) is 9.59 Å². The van der Waals surface area contributed by atoms with Crippen molar-refractivity contribution in [2.45, 2.75) is 38.0 Å². The summed E-state index contributed by atoms with van der Waals surface area (Å²) in [5.74, 6) is -0.205. The number of hydrogen-bond acceptors (Lipinski definition) is 5. The summed E-state index contributed by atoms with van der Waals surface area (Å²) in [5.41, 5.74) is 0. The molecule has 0 bridgehead atoms. The van der Waals surface area contributed by atoms with Gasteiger partial charge in [-0.15, -0.1) is 11.8 Å². The quantitative estimate of drug-likeness (QED) is 0.576. The molecule has 0 aromatic rings. The van der Waals surface area contributed by atoms with Gasteiger partial charge in [-0.3, -0.25) is 14.4 Å². The molecule has 0 radical (unpaired) electrons. The van der Waals surface area contributed by atoms with Crippen LogP contribution in [0.4, 0.5) is 0 Å². The van der Waals surface area contributed by atoms with Crippen LogP contribution in [0.15, 0.2) is 0 Å². The second-order valence-electron chi connectivity index (χ2n) is 3.83. The first-order valence-corrected chi connectivity index (χ1v) is 7.46. The van der Waals surface area contributed by atoms with Gasteiger partial charge >= 0.3 is 5.97 Å². The molecule has 0 aliphatic heterocycles. The highest BCUT2D eigenvalue weighted by atomic mass is 32.2. The van der Waals surface area contributed by atoms with Gasteiger partial charge in [0.1, 0.15) is 9.31 Å². The lowest BCUT2D eigenvalue weighted by Crippen LogP contribution is -2.18. The highest BCUT2D eigenvalue weighted by Gasteiger charge is 2.33. The van der Waals surface area contributed by atoms with Gasteiger partial charge in [-0.1, -0.05) is 12.2 Å². The van der Waals surface area contributed by atoms with Gasteiger partial charge in [0.2, 0.25) is 0 Å². The average molecular weight is 305 g/mol. The molecule has 0 aliphatic rings. The van der Waals surface area contributed by atoms with E-state index in [0.29, 0.717) is 15.7 Å². The summed E-state index contributed by atoms with van der Waals surface area (Å²) in [7, 11) is 0. The SMILES string of the molecule is [C-]#[N+]C(C)(CCC(=O)O)SC(=S)SCCC(C)=O. The number of nitrogens with zero attached hydrogens (tertiary/aromatic N) is 1. The molecule has 0 saturated carbocycles. The van der Waals surface area contributed by atoms with Crippen molar-refractivity contribution in [2.24, 2.45) is 0 Å². The van der Waals surface area contributed by atoms with E-state index in [2.05, 4.69) is 4.85 Å². The topological polar surface area (TPSA) is 58.7 Å². The number of aliphatic carboxylic acids is 1. The largest absolute Gasteiger partial charge is 0.481 e. The molecule has 0 amide bonds. The number of Topliss-reactive ketones (excluding diaryl/α,β-unsaturated/α-hetero) is 1. The first-order chi connectivity index (χ1) is 8.29. The van der Waals surface area contributed by atoms with Crippen molar-refractivity contribution in [1.82, 2.24) is 0 Å². The second kappa shape index (κ2) is 8.51. The van der Waals surface area contributed by atoms with Gasteiger partial charge in [0, 0.05) is 25.5 Å². The minimum absolute atomic E-state index is 0.0490. The first-order valence-electron chi connectivity index (χ1n) is 5.24. The van der Waals surface area contributed by atoms with E-state index in [9.17, 15) is 9.59 Å². The number of ketones is 1. The Bertz CT molecular complexity index is 378. The smallest absolute Gasteiger partial charge is 0.303 e. The van der Waals surface area contributed by atoms with Crippen LogP contribution in [-0.4, -0.2) is 31.0 Å². The predicted octanol–water partition coefficient (Wildman–Crippen LogP) is 3.22. The number of carbonyl (C=O) groups is 2. The van der Waals surface area contributed by atoms with E-state index < -0.39 is 10.8 Å². The number of thioether (sulfide) groups is 2. The molecule has 0 saturated heterocycles. The molecule has 100 valence electrons. The Morgan fingerprint density at radius 3 is 2.50 bits per heavy atom. The Balaban J connectivity index is 4.18. The number of hydrogen-bond donors (Lipinski definition) is 1. The maximum atomic E-state index is 10.8. The van der Waals surface area contributed by atoms with Crippen LogP contribution in [0.5, 0.6) is 0 Å². The van der Waals surface area contributed by atoms with Crippen LogP contribution in [0.2, 0.25) is 0 Å². The Morgan fingerprint density at radius 1 is 1.44 bits per heavy atom. The first kappa shape index (κ1) is 17.4. The number of carbonyl (C=O) groups excluding carboxylic acids is 1. The van der Waals surface area contributed by atoms with Gasteiger partial charge in [-0.2, -0.15) is 0 Å². The molecule has 4 nitrogen and oxygen atoms in total. The number of rotatable bonds is 7. The second-order valence-corrected chi connectivity index (χ2v) is 7.61. The molecule has 0 aliphatic carbocycles. The van der Waals surface area contributed by atoms with E-state index in [0.717, 1.165) is 0 Å². The van der Waals surface area contributed by atoms with Crippen LogP contribution in [0, 0.1) is 6.57 Å². The molecular formula is C11H15NO3S3. The van der Waals surface area contributed by atoms with Crippen LogP contribution in [0.3, 0.4) is 0 Å². The Morgan fingerprint density at radius 2 is 2.06 bits per heavy atom. The van der Waals surface area contributed by atoms with Crippen molar-refractivity contribution in [3.05, 3.63) is 11.4 Å². The van der Waals surface area contributed by atoms with E-state index in [-0.39, 0.29) is 18.6 Å². The van der Waals surface area contributed by atoms with Crippen LogP contribution >= 0.6 is 35.7 Å². The van der Waals surface area contributed by atoms with Crippen molar-refractivity contribution in [3.8, 4) is 0 Å². The molecule has 1 unspecified atom stereocenters. The normalized spacial score (nSPS) is 13.4. The summed E-state index contributed by atoms with van der Waals surface area (Å²) >= 11 is 7.69. The third-order valence-electron chi connectivity index (χ3n) is 2.02. The molecule has 0 heterocycles.